The molecule has 180 valence electrons. The van der Waals surface area contributed by atoms with Gasteiger partial charge in [-0.25, -0.2) is 0 Å². The number of morpholine rings is 1. The fourth-order valence-electron chi connectivity index (χ4n) is 4.50. The Labute approximate surface area is 200 Å². The third kappa shape index (κ3) is 4.86. The fraction of sp³-hybridized carbons (Fsp3) is 0.407. The van der Waals surface area contributed by atoms with Crippen LogP contribution in [0.2, 0.25) is 0 Å². The molecule has 0 bridgehead atoms. The molecule has 2 aliphatic rings. The van der Waals surface area contributed by atoms with Crippen molar-refractivity contribution in [2.75, 3.05) is 46.5 Å². The fourth-order valence-corrected chi connectivity index (χ4v) is 4.50. The first-order valence-corrected chi connectivity index (χ1v) is 11.7. The summed E-state index contributed by atoms with van der Waals surface area (Å²) in [5, 5.41) is 11.2. The van der Waals surface area contributed by atoms with Gasteiger partial charge in [0.25, 0.3) is 11.7 Å². The van der Waals surface area contributed by atoms with Crippen molar-refractivity contribution in [3.05, 3.63) is 70.8 Å². The van der Waals surface area contributed by atoms with Crippen molar-refractivity contribution >= 4 is 17.4 Å². The lowest BCUT2D eigenvalue weighted by atomic mass is 9.93. The van der Waals surface area contributed by atoms with Gasteiger partial charge in [0.1, 0.15) is 11.5 Å². The maximum Gasteiger partial charge on any atom is 0.295 e. The molecule has 0 aliphatic carbocycles. The van der Waals surface area contributed by atoms with E-state index < -0.39 is 17.7 Å². The quantitative estimate of drug-likeness (QED) is 0.383. The molecule has 2 saturated heterocycles. The number of rotatable bonds is 7. The van der Waals surface area contributed by atoms with Gasteiger partial charge < -0.3 is 19.5 Å². The predicted octanol–water partition coefficient (Wildman–Crippen LogP) is 3.57. The standard InChI is InChI=1S/C27H32N2O5/c1-18(2)19-4-6-20(7-5-19)24-23(25(30)21-8-10-22(33-3)11-9-21)26(31)27(32)29(24)13-12-28-14-16-34-17-15-28/h4-11,18,24,30H,12-17H2,1-3H3/b25-23+. The van der Waals surface area contributed by atoms with E-state index in [1.54, 1.807) is 36.3 Å². The minimum Gasteiger partial charge on any atom is -0.507 e. The molecule has 1 unspecified atom stereocenters. The highest BCUT2D eigenvalue weighted by Gasteiger charge is 2.46. The Balaban J connectivity index is 1.72. The van der Waals surface area contributed by atoms with Gasteiger partial charge in [0.15, 0.2) is 0 Å². The average molecular weight is 465 g/mol. The van der Waals surface area contributed by atoms with Gasteiger partial charge in [-0.15, -0.1) is 0 Å². The van der Waals surface area contributed by atoms with Crippen LogP contribution in [0, 0.1) is 0 Å². The summed E-state index contributed by atoms with van der Waals surface area (Å²) >= 11 is 0. The Morgan fingerprint density at radius 3 is 2.26 bits per heavy atom. The number of aliphatic hydroxyl groups is 1. The van der Waals surface area contributed by atoms with Gasteiger partial charge in [-0.05, 0) is 41.3 Å². The number of nitrogens with zero attached hydrogens (tertiary/aromatic N) is 2. The van der Waals surface area contributed by atoms with Crippen LogP contribution in [0.4, 0.5) is 0 Å². The van der Waals surface area contributed by atoms with E-state index in [0.717, 1.165) is 18.7 Å². The number of carbonyl (C=O) groups is 2. The average Bonchev–Trinajstić information content (AvgIpc) is 3.12. The van der Waals surface area contributed by atoms with Crippen LogP contribution in [-0.4, -0.2) is 73.1 Å². The van der Waals surface area contributed by atoms with Gasteiger partial charge in [0, 0.05) is 31.7 Å². The number of hydrogen-bond donors (Lipinski definition) is 1. The first-order valence-electron chi connectivity index (χ1n) is 11.7. The van der Waals surface area contributed by atoms with E-state index >= 15 is 0 Å². The van der Waals surface area contributed by atoms with Crippen LogP contribution < -0.4 is 4.74 Å². The summed E-state index contributed by atoms with van der Waals surface area (Å²) in [7, 11) is 1.57. The number of ether oxygens (including phenoxy) is 2. The predicted molar refractivity (Wildman–Crippen MR) is 130 cm³/mol. The first kappa shape index (κ1) is 24.0. The topological polar surface area (TPSA) is 79.3 Å². The smallest absolute Gasteiger partial charge is 0.295 e. The van der Waals surface area contributed by atoms with Crippen LogP contribution >= 0.6 is 0 Å². The maximum atomic E-state index is 13.2. The Hall–Kier alpha value is -3.16. The number of aliphatic hydroxyl groups excluding tert-OH is 1. The van der Waals surface area contributed by atoms with E-state index in [2.05, 4.69) is 18.7 Å². The van der Waals surface area contributed by atoms with Crippen LogP contribution in [-0.2, 0) is 14.3 Å². The van der Waals surface area contributed by atoms with Crippen LogP contribution in [0.1, 0.15) is 42.5 Å². The van der Waals surface area contributed by atoms with Crippen LogP contribution in [0.25, 0.3) is 5.76 Å². The molecule has 0 aromatic heterocycles. The number of hydrogen-bond acceptors (Lipinski definition) is 6. The van der Waals surface area contributed by atoms with E-state index in [0.29, 0.717) is 43.5 Å². The van der Waals surface area contributed by atoms with Crippen LogP contribution in [0.5, 0.6) is 5.75 Å². The van der Waals surface area contributed by atoms with Gasteiger partial charge in [-0.3, -0.25) is 14.5 Å². The number of benzene rings is 2. The largest absolute Gasteiger partial charge is 0.507 e. The van der Waals surface area contributed by atoms with E-state index in [-0.39, 0.29) is 11.3 Å². The zero-order valence-corrected chi connectivity index (χ0v) is 20.0. The number of ketones is 1. The van der Waals surface area contributed by atoms with Crippen molar-refractivity contribution < 1.29 is 24.2 Å². The van der Waals surface area contributed by atoms with Gasteiger partial charge in [0.05, 0.1) is 31.9 Å². The summed E-state index contributed by atoms with van der Waals surface area (Å²) in [4.78, 5) is 30.2. The second-order valence-corrected chi connectivity index (χ2v) is 9.00. The molecule has 2 fully saturated rings. The summed E-state index contributed by atoms with van der Waals surface area (Å²) in [6, 6.07) is 14.1. The Morgan fingerprint density at radius 1 is 1.03 bits per heavy atom. The van der Waals surface area contributed by atoms with Gasteiger partial charge in [-0.1, -0.05) is 38.1 Å². The lowest BCUT2D eigenvalue weighted by molar-refractivity contribution is -0.140. The normalized spacial score (nSPS) is 20.8. The Bertz CT molecular complexity index is 1050. The van der Waals surface area contributed by atoms with Crippen molar-refractivity contribution in [2.24, 2.45) is 0 Å². The lowest BCUT2D eigenvalue weighted by Gasteiger charge is -2.31. The SMILES string of the molecule is COc1ccc(/C(O)=C2\C(=O)C(=O)N(CCN3CCOCC3)C2c2ccc(C(C)C)cc2)cc1. The van der Waals surface area contributed by atoms with Crippen LogP contribution in [0.3, 0.4) is 0 Å². The molecule has 1 atom stereocenters. The number of Topliss-reactive ketones (excluding diaryl/α,β-unsaturated/α-hetero) is 1. The molecule has 0 spiro atoms. The van der Waals surface area contributed by atoms with E-state index in [4.69, 9.17) is 9.47 Å². The zero-order chi connectivity index (χ0) is 24.2. The summed E-state index contributed by atoms with van der Waals surface area (Å²) in [6.07, 6.45) is 0. The molecule has 0 saturated carbocycles. The Kier molecular flexibility index (Phi) is 7.34. The van der Waals surface area contributed by atoms with Crippen molar-refractivity contribution in [1.82, 2.24) is 9.80 Å². The summed E-state index contributed by atoms with van der Waals surface area (Å²) in [5.74, 6) is -0.410. The number of amides is 1. The zero-order valence-electron chi connectivity index (χ0n) is 20.0. The lowest BCUT2D eigenvalue weighted by Crippen LogP contribution is -2.42. The maximum absolute atomic E-state index is 13.2. The molecule has 7 heteroatoms. The molecule has 2 heterocycles. The van der Waals surface area contributed by atoms with Crippen molar-refractivity contribution in [3.8, 4) is 5.75 Å². The van der Waals surface area contributed by atoms with Crippen molar-refractivity contribution in [3.63, 3.8) is 0 Å². The van der Waals surface area contributed by atoms with Crippen molar-refractivity contribution in [1.29, 1.82) is 0 Å². The summed E-state index contributed by atoms with van der Waals surface area (Å²) in [5.41, 5.74) is 2.56. The van der Waals surface area contributed by atoms with Crippen molar-refractivity contribution in [2.45, 2.75) is 25.8 Å². The summed E-state index contributed by atoms with van der Waals surface area (Å²) in [6.45, 7) is 8.18. The molecular formula is C27H32N2O5. The highest BCUT2D eigenvalue weighted by molar-refractivity contribution is 6.46. The van der Waals surface area contributed by atoms with Crippen LogP contribution in [0.15, 0.2) is 54.1 Å². The minimum absolute atomic E-state index is 0.120. The second-order valence-electron chi connectivity index (χ2n) is 9.00. The monoisotopic (exact) mass is 464 g/mol. The second kappa shape index (κ2) is 10.4. The number of carbonyl (C=O) groups excluding carboxylic acids is 2. The molecule has 34 heavy (non-hydrogen) atoms. The number of likely N-dealkylation sites (tertiary alicyclic amines) is 1. The highest BCUT2D eigenvalue weighted by atomic mass is 16.5. The van der Waals surface area contributed by atoms with Gasteiger partial charge in [-0.2, -0.15) is 0 Å². The number of methoxy groups -OCH3 is 1. The molecule has 2 aromatic carbocycles. The third-order valence-corrected chi connectivity index (χ3v) is 6.58. The summed E-state index contributed by atoms with van der Waals surface area (Å²) < 4.78 is 10.6. The van der Waals surface area contributed by atoms with E-state index in [1.165, 1.54) is 5.56 Å². The molecule has 4 rings (SSSR count). The minimum atomic E-state index is -0.659. The molecule has 7 nitrogen and oxygen atoms in total. The molecule has 1 amide bonds. The first-order chi connectivity index (χ1) is 16.4. The van der Waals surface area contributed by atoms with E-state index in [1.807, 2.05) is 24.3 Å². The van der Waals surface area contributed by atoms with E-state index in [9.17, 15) is 14.7 Å². The molecule has 0 radical (unpaired) electrons. The Morgan fingerprint density at radius 2 is 1.68 bits per heavy atom. The third-order valence-electron chi connectivity index (χ3n) is 6.58. The molecular weight excluding hydrogens is 432 g/mol. The molecule has 2 aromatic rings. The van der Waals surface area contributed by atoms with Gasteiger partial charge >= 0.3 is 0 Å². The molecule has 1 N–H and O–H groups in total. The molecule has 2 aliphatic heterocycles. The van der Waals surface area contributed by atoms with Gasteiger partial charge in [0.2, 0.25) is 0 Å². The highest BCUT2D eigenvalue weighted by Crippen LogP contribution is 2.39.